The largest absolute Gasteiger partial charge is 0.342 e. The minimum absolute atomic E-state index is 0.0478. The number of aryl methyl sites for hydroxylation is 2. The highest BCUT2D eigenvalue weighted by Gasteiger charge is 2.28. The Labute approximate surface area is 121 Å². The number of amides is 1. The molecule has 1 aromatic rings. The summed E-state index contributed by atoms with van der Waals surface area (Å²) in [7, 11) is 0. The quantitative estimate of drug-likeness (QED) is 0.846. The van der Waals surface area contributed by atoms with Gasteiger partial charge in [0, 0.05) is 31.8 Å². The third-order valence-electron chi connectivity index (χ3n) is 4.08. The normalized spacial score (nSPS) is 19.2. The van der Waals surface area contributed by atoms with Crippen molar-refractivity contribution in [3.8, 4) is 0 Å². The molecule has 1 saturated heterocycles. The maximum atomic E-state index is 12.2. The lowest BCUT2D eigenvalue weighted by Crippen LogP contribution is -2.44. The summed E-state index contributed by atoms with van der Waals surface area (Å²) in [5, 5.41) is 0. The fraction of sp³-hybridized carbons (Fsp3) is 0.529. The second-order valence-corrected chi connectivity index (χ2v) is 5.65. The number of rotatable bonds is 4. The molecule has 3 nitrogen and oxygen atoms in total. The first kappa shape index (κ1) is 14.8. The van der Waals surface area contributed by atoms with Crippen LogP contribution < -0.4 is 0 Å². The Morgan fingerprint density at radius 2 is 2.20 bits per heavy atom. The van der Waals surface area contributed by atoms with E-state index in [0.717, 1.165) is 12.8 Å². The number of benzene rings is 1. The molecule has 0 bridgehead atoms. The van der Waals surface area contributed by atoms with Crippen molar-refractivity contribution in [3.63, 3.8) is 0 Å². The van der Waals surface area contributed by atoms with Crippen LogP contribution in [0.2, 0.25) is 0 Å². The standard InChI is InChI=1S/C17H23NO2/c1-3-15-12-18(10-9-16(15)19)17(20)8-7-14-6-4-5-13(2)11-14/h4-6,11,15H,3,7-10,12H2,1-2H3. The summed E-state index contributed by atoms with van der Waals surface area (Å²) in [5.74, 6) is 0.541. The number of piperidine rings is 1. The minimum Gasteiger partial charge on any atom is -0.342 e. The van der Waals surface area contributed by atoms with Crippen molar-refractivity contribution in [2.24, 2.45) is 5.92 Å². The van der Waals surface area contributed by atoms with Crippen molar-refractivity contribution in [1.29, 1.82) is 0 Å². The molecule has 20 heavy (non-hydrogen) atoms. The molecule has 1 fully saturated rings. The van der Waals surface area contributed by atoms with Crippen molar-refractivity contribution in [1.82, 2.24) is 4.90 Å². The van der Waals surface area contributed by atoms with Crippen LogP contribution >= 0.6 is 0 Å². The van der Waals surface area contributed by atoms with Crippen LogP contribution in [0.3, 0.4) is 0 Å². The lowest BCUT2D eigenvalue weighted by molar-refractivity contribution is -0.137. The maximum absolute atomic E-state index is 12.2. The van der Waals surface area contributed by atoms with E-state index in [-0.39, 0.29) is 11.8 Å². The zero-order chi connectivity index (χ0) is 14.5. The molecule has 1 amide bonds. The molecule has 1 aliphatic rings. The van der Waals surface area contributed by atoms with Gasteiger partial charge < -0.3 is 4.90 Å². The molecule has 0 aromatic heterocycles. The van der Waals surface area contributed by atoms with Crippen LogP contribution in [0.25, 0.3) is 0 Å². The zero-order valence-electron chi connectivity index (χ0n) is 12.4. The third kappa shape index (κ3) is 3.69. The Hall–Kier alpha value is -1.64. The van der Waals surface area contributed by atoms with Gasteiger partial charge in [0.1, 0.15) is 5.78 Å². The summed E-state index contributed by atoms with van der Waals surface area (Å²) in [6.07, 6.45) is 2.67. The van der Waals surface area contributed by atoms with Gasteiger partial charge in [-0.15, -0.1) is 0 Å². The molecule has 1 atom stereocenters. The molecule has 0 N–H and O–H groups in total. The second-order valence-electron chi connectivity index (χ2n) is 5.65. The van der Waals surface area contributed by atoms with E-state index in [1.165, 1.54) is 11.1 Å². The predicted octanol–water partition coefficient (Wildman–Crippen LogP) is 2.76. The van der Waals surface area contributed by atoms with E-state index in [1.54, 1.807) is 0 Å². The molecule has 0 radical (unpaired) electrons. The van der Waals surface area contributed by atoms with Gasteiger partial charge >= 0.3 is 0 Å². The van der Waals surface area contributed by atoms with E-state index in [1.807, 2.05) is 17.9 Å². The van der Waals surface area contributed by atoms with Gasteiger partial charge in [-0.3, -0.25) is 9.59 Å². The molecule has 0 saturated carbocycles. The number of carbonyl (C=O) groups excluding carboxylic acids is 2. The first-order chi connectivity index (χ1) is 9.60. The molecular weight excluding hydrogens is 250 g/mol. The third-order valence-corrected chi connectivity index (χ3v) is 4.08. The van der Waals surface area contributed by atoms with Crippen LogP contribution in [0, 0.1) is 12.8 Å². The Morgan fingerprint density at radius 3 is 2.90 bits per heavy atom. The molecule has 108 valence electrons. The average Bonchev–Trinajstić information content (AvgIpc) is 2.45. The van der Waals surface area contributed by atoms with E-state index in [9.17, 15) is 9.59 Å². The number of ketones is 1. The molecule has 2 rings (SSSR count). The molecule has 3 heteroatoms. The number of hydrogen-bond acceptors (Lipinski definition) is 2. The summed E-state index contributed by atoms with van der Waals surface area (Å²) in [4.78, 5) is 25.8. The topological polar surface area (TPSA) is 37.4 Å². The number of likely N-dealkylation sites (tertiary alicyclic amines) is 1. The summed E-state index contributed by atoms with van der Waals surface area (Å²) < 4.78 is 0. The van der Waals surface area contributed by atoms with Gasteiger partial charge in [0.05, 0.1) is 0 Å². The van der Waals surface area contributed by atoms with Crippen molar-refractivity contribution < 1.29 is 9.59 Å². The Kier molecular flexibility index (Phi) is 4.94. The minimum atomic E-state index is 0.0478. The summed E-state index contributed by atoms with van der Waals surface area (Å²) in [6, 6.07) is 8.28. The molecular formula is C17H23NO2. The highest BCUT2D eigenvalue weighted by atomic mass is 16.2. The van der Waals surface area contributed by atoms with Crippen LogP contribution in [0.15, 0.2) is 24.3 Å². The van der Waals surface area contributed by atoms with Crippen molar-refractivity contribution in [2.45, 2.75) is 39.5 Å². The zero-order valence-corrected chi connectivity index (χ0v) is 12.4. The molecule has 1 heterocycles. The van der Waals surface area contributed by atoms with Gasteiger partial charge in [-0.05, 0) is 25.3 Å². The molecule has 0 aliphatic carbocycles. The first-order valence-electron chi connectivity index (χ1n) is 7.46. The average molecular weight is 273 g/mol. The van der Waals surface area contributed by atoms with E-state index >= 15 is 0 Å². The van der Waals surface area contributed by atoms with E-state index in [0.29, 0.717) is 31.7 Å². The van der Waals surface area contributed by atoms with Crippen LogP contribution in [-0.4, -0.2) is 29.7 Å². The van der Waals surface area contributed by atoms with Gasteiger partial charge in [0.2, 0.25) is 5.91 Å². The fourth-order valence-electron chi connectivity index (χ4n) is 2.77. The van der Waals surface area contributed by atoms with E-state index < -0.39 is 0 Å². The van der Waals surface area contributed by atoms with Gasteiger partial charge in [-0.25, -0.2) is 0 Å². The van der Waals surface area contributed by atoms with Gasteiger partial charge in [-0.2, -0.15) is 0 Å². The Morgan fingerprint density at radius 1 is 1.40 bits per heavy atom. The Balaban J connectivity index is 1.87. The highest BCUT2D eigenvalue weighted by molar-refractivity contribution is 5.85. The van der Waals surface area contributed by atoms with Crippen LogP contribution in [0.5, 0.6) is 0 Å². The van der Waals surface area contributed by atoms with Crippen LogP contribution in [0.1, 0.15) is 37.3 Å². The van der Waals surface area contributed by atoms with Gasteiger partial charge in [0.25, 0.3) is 0 Å². The Bertz CT molecular complexity index is 496. The van der Waals surface area contributed by atoms with Crippen LogP contribution in [-0.2, 0) is 16.0 Å². The number of carbonyl (C=O) groups is 2. The van der Waals surface area contributed by atoms with Crippen molar-refractivity contribution in [2.75, 3.05) is 13.1 Å². The molecule has 1 unspecified atom stereocenters. The van der Waals surface area contributed by atoms with E-state index in [4.69, 9.17) is 0 Å². The van der Waals surface area contributed by atoms with Crippen LogP contribution in [0.4, 0.5) is 0 Å². The van der Waals surface area contributed by atoms with Gasteiger partial charge in [-0.1, -0.05) is 36.8 Å². The SMILES string of the molecule is CCC1CN(C(=O)CCc2cccc(C)c2)CCC1=O. The maximum Gasteiger partial charge on any atom is 0.222 e. The smallest absolute Gasteiger partial charge is 0.222 e. The van der Waals surface area contributed by atoms with Crippen molar-refractivity contribution in [3.05, 3.63) is 35.4 Å². The molecule has 1 aromatic carbocycles. The number of nitrogens with zero attached hydrogens (tertiary/aromatic N) is 1. The lowest BCUT2D eigenvalue weighted by atomic mass is 9.94. The number of hydrogen-bond donors (Lipinski definition) is 0. The molecule has 1 aliphatic heterocycles. The predicted molar refractivity (Wildman–Crippen MR) is 79.5 cm³/mol. The highest BCUT2D eigenvalue weighted by Crippen LogP contribution is 2.17. The monoisotopic (exact) mass is 273 g/mol. The summed E-state index contributed by atoms with van der Waals surface area (Å²) in [5.41, 5.74) is 2.43. The lowest BCUT2D eigenvalue weighted by Gasteiger charge is -2.31. The van der Waals surface area contributed by atoms with Gasteiger partial charge in [0.15, 0.2) is 0 Å². The number of Topliss-reactive ketones (excluding diaryl/α,β-unsaturated/α-hetero) is 1. The van der Waals surface area contributed by atoms with E-state index in [2.05, 4.69) is 25.1 Å². The summed E-state index contributed by atoms with van der Waals surface area (Å²) >= 11 is 0. The summed E-state index contributed by atoms with van der Waals surface area (Å²) in [6.45, 7) is 5.29. The first-order valence-corrected chi connectivity index (χ1v) is 7.46. The second kappa shape index (κ2) is 6.69. The fourth-order valence-corrected chi connectivity index (χ4v) is 2.77. The van der Waals surface area contributed by atoms with Crippen molar-refractivity contribution >= 4 is 11.7 Å². The molecule has 0 spiro atoms.